The summed E-state index contributed by atoms with van der Waals surface area (Å²) in [5.41, 5.74) is 4.43. The van der Waals surface area contributed by atoms with Gasteiger partial charge < -0.3 is 18.7 Å². The largest absolute Gasteiger partial charge is 0.492 e. The summed E-state index contributed by atoms with van der Waals surface area (Å²) in [5.74, 6) is 2.70. The summed E-state index contributed by atoms with van der Waals surface area (Å²) in [6, 6.07) is 17.2. The van der Waals surface area contributed by atoms with E-state index < -0.39 is 0 Å². The molecule has 0 radical (unpaired) electrons. The van der Waals surface area contributed by atoms with E-state index in [2.05, 4.69) is 10.1 Å². The summed E-state index contributed by atoms with van der Waals surface area (Å²) in [5, 5.41) is 5.00. The van der Waals surface area contributed by atoms with Crippen LogP contribution in [0, 0.1) is 0 Å². The van der Waals surface area contributed by atoms with E-state index in [4.69, 9.17) is 18.7 Å². The molecule has 0 N–H and O–H groups in total. The highest BCUT2D eigenvalue weighted by molar-refractivity contribution is 6.02. The highest BCUT2D eigenvalue weighted by atomic mass is 16.7. The molecule has 3 heterocycles. The third-order valence-electron chi connectivity index (χ3n) is 6.76. The Balaban J connectivity index is 1.36. The molecule has 0 saturated carbocycles. The summed E-state index contributed by atoms with van der Waals surface area (Å²) in [6.07, 6.45) is 1.17. The highest BCUT2D eigenvalue weighted by Gasteiger charge is 2.35. The van der Waals surface area contributed by atoms with Crippen LogP contribution >= 0.6 is 0 Å². The molecule has 0 aliphatic carbocycles. The molecule has 2 aliphatic rings. The number of fused-ring (bicyclic) bond motifs is 3. The number of Topliss-reactive ketones (excluding diaryl/α,β-unsaturated/α-hetero) is 1. The smallest absolute Gasteiger partial charge is 0.231 e. The second kappa shape index (κ2) is 8.18. The lowest BCUT2D eigenvalue weighted by Crippen LogP contribution is -2.34. The van der Waals surface area contributed by atoms with Crippen LogP contribution in [0.2, 0.25) is 0 Å². The number of benzene rings is 3. The van der Waals surface area contributed by atoms with Gasteiger partial charge >= 0.3 is 0 Å². The maximum Gasteiger partial charge on any atom is 0.231 e. The molecule has 7 nitrogen and oxygen atoms in total. The third kappa shape index (κ3) is 3.31. The van der Waals surface area contributed by atoms with Crippen molar-refractivity contribution in [3.63, 3.8) is 0 Å². The van der Waals surface area contributed by atoms with Crippen molar-refractivity contribution in [2.24, 2.45) is 0 Å². The molecule has 2 aliphatic heterocycles. The van der Waals surface area contributed by atoms with E-state index in [0.29, 0.717) is 35.0 Å². The molecule has 6 rings (SSSR count). The van der Waals surface area contributed by atoms with Crippen LogP contribution in [0.5, 0.6) is 17.2 Å². The van der Waals surface area contributed by atoms with Crippen molar-refractivity contribution < 1.29 is 23.5 Å². The second-order valence-electron chi connectivity index (χ2n) is 8.70. The molecular weight excluding hydrogens is 432 g/mol. The van der Waals surface area contributed by atoms with Crippen molar-refractivity contribution in [1.82, 2.24) is 10.1 Å². The minimum absolute atomic E-state index is 0.0477. The molecule has 0 spiro atoms. The molecule has 172 valence electrons. The summed E-state index contributed by atoms with van der Waals surface area (Å²) in [6.45, 7) is 1.02. The Hall–Kier alpha value is -3.84. The van der Waals surface area contributed by atoms with Crippen LogP contribution in [0.1, 0.15) is 33.9 Å². The van der Waals surface area contributed by atoms with E-state index in [0.717, 1.165) is 40.6 Å². The van der Waals surface area contributed by atoms with Gasteiger partial charge in [-0.3, -0.25) is 9.69 Å². The van der Waals surface area contributed by atoms with Gasteiger partial charge in [0.2, 0.25) is 12.5 Å². The fourth-order valence-electron chi connectivity index (χ4n) is 4.99. The molecular formula is C27H24N2O5. The summed E-state index contributed by atoms with van der Waals surface area (Å²) >= 11 is 0. The number of hydrogen-bond donors (Lipinski definition) is 0. The van der Waals surface area contributed by atoms with Gasteiger partial charge in [0.05, 0.1) is 12.5 Å². The summed E-state index contributed by atoms with van der Waals surface area (Å²) < 4.78 is 22.7. The molecule has 0 bridgehead atoms. The lowest BCUT2D eigenvalue weighted by molar-refractivity contribution is 0.0925. The molecule has 3 aromatic carbocycles. The third-order valence-corrected chi connectivity index (χ3v) is 6.76. The Morgan fingerprint density at radius 1 is 1.15 bits per heavy atom. The van der Waals surface area contributed by atoms with E-state index >= 15 is 0 Å². The Morgan fingerprint density at radius 3 is 2.82 bits per heavy atom. The van der Waals surface area contributed by atoms with Gasteiger partial charge in [0.15, 0.2) is 23.0 Å². The Kier molecular flexibility index (Phi) is 4.99. The predicted molar refractivity (Wildman–Crippen MR) is 127 cm³/mol. The van der Waals surface area contributed by atoms with Gasteiger partial charge in [-0.1, -0.05) is 35.5 Å². The highest BCUT2D eigenvalue weighted by Crippen LogP contribution is 2.50. The van der Waals surface area contributed by atoms with Crippen LogP contribution in [-0.4, -0.2) is 43.3 Å². The van der Waals surface area contributed by atoms with Gasteiger partial charge in [-0.2, -0.15) is 0 Å². The average Bonchev–Trinajstić information content (AvgIpc) is 3.51. The first-order valence-corrected chi connectivity index (χ1v) is 11.3. The van der Waals surface area contributed by atoms with Crippen molar-refractivity contribution in [2.75, 3.05) is 27.5 Å². The maximum atomic E-state index is 13.5. The van der Waals surface area contributed by atoms with Gasteiger partial charge in [-0.05, 0) is 43.3 Å². The predicted octanol–water partition coefficient (Wildman–Crippen LogP) is 5.03. The van der Waals surface area contributed by atoms with Crippen LogP contribution in [0.4, 0.5) is 0 Å². The molecule has 1 atom stereocenters. The number of ether oxygens (including phenoxy) is 3. The molecule has 34 heavy (non-hydrogen) atoms. The fourth-order valence-corrected chi connectivity index (χ4v) is 4.99. The normalized spacial score (nSPS) is 17.1. The number of nitrogens with zero attached hydrogens (tertiary/aromatic N) is 2. The van der Waals surface area contributed by atoms with Crippen LogP contribution in [0.15, 0.2) is 59.1 Å². The Bertz CT molecular complexity index is 1400. The summed E-state index contributed by atoms with van der Waals surface area (Å²) in [4.78, 5) is 15.7. The standard InChI is InChI=1S/C27H24N2O5/c1-29-11-10-18-13-23-26(33-15-32-23)27(31-2)24(18)21(29)14-22(30)17-8-9-20-19(12-17)25(34-28-20)16-6-4-3-5-7-16/h3-9,12-13,21H,10-11,14-15H2,1-2H3/t21-/m1/s1. The first-order chi connectivity index (χ1) is 16.6. The van der Waals surface area contributed by atoms with E-state index in [9.17, 15) is 4.79 Å². The molecule has 0 fully saturated rings. The molecule has 0 unspecified atom stereocenters. The number of carbonyl (C=O) groups excluding carboxylic acids is 1. The van der Waals surface area contributed by atoms with Gasteiger partial charge in [0.25, 0.3) is 0 Å². The van der Waals surface area contributed by atoms with Crippen LogP contribution in [0.3, 0.4) is 0 Å². The number of ketones is 1. The number of methoxy groups -OCH3 is 1. The molecule has 4 aromatic rings. The first kappa shape index (κ1) is 20.7. The Morgan fingerprint density at radius 2 is 2.00 bits per heavy atom. The quantitative estimate of drug-likeness (QED) is 0.390. The number of hydrogen-bond acceptors (Lipinski definition) is 7. The zero-order valence-electron chi connectivity index (χ0n) is 19.0. The van der Waals surface area contributed by atoms with E-state index in [1.54, 1.807) is 7.11 Å². The number of likely N-dealkylation sites (N-methyl/N-ethyl adjacent to an activating group) is 1. The van der Waals surface area contributed by atoms with Crippen molar-refractivity contribution >= 4 is 16.7 Å². The second-order valence-corrected chi connectivity index (χ2v) is 8.70. The van der Waals surface area contributed by atoms with Gasteiger partial charge in [0.1, 0.15) is 5.52 Å². The minimum atomic E-state index is -0.132. The zero-order chi connectivity index (χ0) is 23.2. The van der Waals surface area contributed by atoms with Gasteiger partial charge in [-0.25, -0.2) is 0 Å². The molecule has 0 amide bonds. The molecule has 1 aromatic heterocycles. The van der Waals surface area contributed by atoms with Crippen LogP contribution < -0.4 is 14.2 Å². The molecule has 0 saturated heterocycles. The fraction of sp³-hybridized carbons (Fsp3) is 0.259. The number of aromatic nitrogens is 1. The monoisotopic (exact) mass is 456 g/mol. The Labute approximate surface area is 196 Å². The van der Waals surface area contributed by atoms with E-state index in [-0.39, 0.29) is 18.6 Å². The van der Waals surface area contributed by atoms with Crippen molar-refractivity contribution in [2.45, 2.75) is 18.9 Å². The van der Waals surface area contributed by atoms with Crippen LogP contribution in [0.25, 0.3) is 22.2 Å². The number of rotatable bonds is 5. The lowest BCUT2D eigenvalue weighted by Gasteiger charge is -2.35. The first-order valence-electron chi connectivity index (χ1n) is 11.3. The maximum absolute atomic E-state index is 13.5. The molecule has 7 heteroatoms. The van der Waals surface area contributed by atoms with Gasteiger partial charge in [0, 0.05) is 35.7 Å². The topological polar surface area (TPSA) is 74.0 Å². The minimum Gasteiger partial charge on any atom is -0.492 e. The van der Waals surface area contributed by atoms with Gasteiger partial charge in [-0.15, -0.1) is 0 Å². The van der Waals surface area contributed by atoms with Crippen molar-refractivity contribution in [3.05, 3.63) is 71.3 Å². The zero-order valence-corrected chi connectivity index (χ0v) is 19.0. The van der Waals surface area contributed by atoms with Crippen molar-refractivity contribution in [3.8, 4) is 28.6 Å². The summed E-state index contributed by atoms with van der Waals surface area (Å²) in [7, 11) is 3.68. The number of carbonyl (C=O) groups is 1. The lowest BCUT2D eigenvalue weighted by atomic mass is 9.87. The SMILES string of the molecule is COc1c2c(cc3c1[C@@H](CC(=O)c1ccc4noc(-c5ccccc5)c4c1)N(C)CC3)OCO2. The van der Waals surface area contributed by atoms with Crippen molar-refractivity contribution in [1.29, 1.82) is 0 Å². The van der Waals surface area contributed by atoms with E-state index in [1.807, 2.05) is 61.6 Å². The van der Waals surface area contributed by atoms with Crippen LogP contribution in [-0.2, 0) is 6.42 Å². The average molecular weight is 456 g/mol. The van der Waals surface area contributed by atoms with E-state index in [1.165, 1.54) is 0 Å².